The first-order chi connectivity index (χ1) is 8.51. The van der Waals surface area contributed by atoms with Gasteiger partial charge >= 0.3 is 5.97 Å². The molecule has 0 saturated carbocycles. The average molecular weight is 312 g/mol. The molecular weight excluding hydrogens is 287 g/mol. The summed E-state index contributed by atoms with van der Waals surface area (Å²) in [6.07, 6.45) is 4.29. The number of hydrogen-bond acceptors (Lipinski definition) is 5. The van der Waals surface area contributed by atoms with E-state index in [0.717, 1.165) is 31.4 Å². The molecule has 0 aromatic carbocycles. The van der Waals surface area contributed by atoms with E-state index in [-0.39, 0.29) is 11.6 Å². The molecule has 18 heavy (non-hydrogen) atoms. The molecule has 6 heteroatoms. The van der Waals surface area contributed by atoms with Crippen molar-refractivity contribution in [2.24, 2.45) is 0 Å². The Bertz CT molecular complexity index is 270. The van der Waals surface area contributed by atoms with Crippen LogP contribution >= 0.6 is 16.8 Å². The lowest BCUT2D eigenvalue weighted by molar-refractivity contribution is -0.139. The van der Waals surface area contributed by atoms with Gasteiger partial charge in [0.15, 0.2) is 0 Å². The number of carbonyl (C=O) groups is 1. The molecule has 0 fully saturated rings. The Hall–Kier alpha value is 0.430. The van der Waals surface area contributed by atoms with Crippen molar-refractivity contribution in [1.29, 1.82) is 0 Å². The van der Waals surface area contributed by atoms with Crippen molar-refractivity contribution in [3.05, 3.63) is 0 Å². The summed E-state index contributed by atoms with van der Waals surface area (Å²) in [6.45, 7) is 6.73. The van der Waals surface area contributed by atoms with Crippen LogP contribution in [-0.2, 0) is 25.9 Å². The molecular formula is C12H25O3PS2. The second-order valence-corrected chi connectivity index (χ2v) is 11.6. The molecule has 0 aliphatic carbocycles. The van der Waals surface area contributed by atoms with Crippen molar-refractivity contribution in [2.45, 2.75) is 52.1 Å². The lowest BCUT2D eigenvalue weighted by Gasteiger charge is -2.26. The minimum atomic E-state index is -2.17. The summed E-state index contributed by atoms with van der Waals surface area (Å²) in [5.41, 5.74) is -2.49. The highest BCUT2D eigenvalue weighted by Gasteiger charge is 2.32. The summed E-state index contributed by atoms with van der Waals surface area (Å²) in [7, 11) is 1.40. The average Bonchev–Trinajstić information content (AvgIpc) is 2.37. The quantitative estimate of drug-likeness (QED) is 0.343. The van der Waals surface area contributed by atoms with Crippen LogP contribution in [0.1, 0.15) is 46.5 Å². The summed E-state index contributed by atoms with van der Waals surface area (Å²) in [4.78, 5) is 11.7. The number of carbonyl (C=O) groups excluding carboxylic acids is 1. The molecule has 0 aliphatic rings. The van der Waals surface area contributed by atoms with Crippen molar-refractivity contribution in [2.75, 3.05) is 19.5 Å². The minimum Gasteiger partial charge on any atom is -0.468 e. The Morgan fingerprint density at radius 1 is 1.33 bits per heavy atom. The molecule has 0 bridgehead atoms. The third-order valence-electron chi connectivity index (χ3n) is 2.55. The Morgan fingerprint density at radius 3 is 2.44 bits per heavy atom. The number of rotatable bonds is 10. The van der Waals surface area contributed by atoms with Gasteiger partial charge < -0.3 is 9.26 Å². The number of methoxy groups -OCH3 is 1. The second kappa shape index (κ2) is 10.2. The van der Waals surface area contributed by atoms with Gasteiger partial charge in [0.05, 0.1) is 13.7 Å². The number of esters is 1. The second-order valence-electron chi connectivity index (χ2n) is 4.11. The third kappa shape index (κ3) is 6.55. The van der Waals surface area contributed by atoms with Gasteiger partial charge in [-0.15, -0.1) is 0 Å². The lowest BCUT2D eigenvalue weighted by Crippen LogP contribution is -2.19. The zero-order valence-electron chi connectivity index (χ0n) is 11.8. The van der Waals surface area contributed by atoms with Gasteiger partial charge in [0.1, 0.15) is 11.1 Å². The SMILES string of the molecule is CCCCOP(=S)(SCCCC)C(C)C(=O)OC. The monoisotopic (exact) mass is 312 g/mol. The van der Waals surface area contributed by atoms with Gasteiger partial charge in [-0.25, -0.2) is 0 Å². The minimum absolute atomic E-state index is 0.251. The van der Waals surface area contributed by atoms with E-state index in [9.17, 15) is 4.79 Å². The van der Waals surface area contributed by atoms with Gasteiger partial charge in [0, 0.05) is 5.75 Å². The first-order valence-corrected chi connectivity index (χ1v) is 10.9. The maximum absolute atomic E-state index is 11.7. The molecule has 0 aliphatic heterocycles. The Morgan fingerprint density at radius 2 is 1.94 bits per heavy atom. The van der Waals surface area contributed by atoms with Crippen LogP contribution < -0.4 is 0 Å². The summed E-state index contributed by atoms with van der Waals surface area (Å²) < 4.78 is 10.7. The maximum atomic E-state index is 11.7. The fourth-order valence-electron chi connectivity index (χ4n) is 1.23. The standard InChI is InChI=1S/C12H25O3PS2/c1-5-7-9-15-16(17,18-10-8-6-2)11(3)12(13)14-4/h11H,5-10H2,1-4H3. The smallest absolute Gasteiger partial charge is 0.316 e. The van der Waals surface area contributed by atoms with Crippen molar-refractivity contribution in [1.82, 2.24) is 0 Å². The van der Waals surface area contributed by atoms with E-state index in [2.05, 4.69) is 13.8 Å². The van der Waals surface area contributed by atoms with E-state index in [1.807, 2.05) is 6.92 Å². The summed E-state index contributed by atoms with van der Waals surface area (Å²) in [5, 5.41) is 0. The largest absolute Gasteiger partial charge is 0.468 e. The Kier molecular flexibility index (Phi) is 10.5. The molecule has 0 N–H and O–H groups in total. The molecule has 0 rings (SSSR count). The van der Waals surface area contributed by atoms with E-state index < -0.39 is 5.47 Å². The van der Waals surface area contributed by atoms with Gasteiger partial charge in [-0.1, -0.05) is 49.9 Å². The van der Waals surface area contributed by atoms with Crippen molar-refractivity contribution >= 4 is 34.6 Å². The molecule has 0 spiro atoms. The fraction of sp³-hybridized carbons (Fsp3) is 0.917. The van der Waals surface area contributed by atoms with Crippen LogP contribution in [0.25, 0.3) is 0 Å². The number of hydrogen-bond donors (Lipinski definition) is 0. The molecule has 0 aromatic rings. The van der Waals surface area contributed by atoms with Crippen molar-refractivity contribution < 1.29 is 14.1 Å². The van der Waals surface area contributed by atoms with Crippen LogP contribution in [0.2, 0.25) is 0 Å². The van der Waals surface area contributed by atoms with Gasteiger partial charge in [0.25, 0.3) is 0 Å². The summed E-state index contributed by atoms with van der Waals surface area (Å²) in [6, 6.07) is 0. The molecule has 2 atom stereocenters. The van der Waals surface area contributed by atoms with Crippen LogP contribution in [0, 0.1) is 0 Å². The fourth-order valence-corrected chi connectivity index (χ4v) is 6.85. The number of ether oxygens (including phenoxy) is 1. The van der Waals surface area contributed by atoms with E-state index in [0.29, 0.717) is 6.61 Å². The molecule has 0 amide bonds. The van der Waals surface area contributed by atoms with E-state index in [1.54, 1.807) is 11.4 Å². The molecule has 0 saturated heterocycles. The normalized spacial score (nSPS) is 16.0. The van der Waals surface area contributed by atoms with Crippen LogP contribution in [0.15, 0.2) is 0 Å². The first kappa shape index (κ1) is 18.4. The molecule has 0 aromatic heterocycles. The van der Waals surface area contributed by atoms with Crippen molar-refractivity contribution in [3.8, 4) is 0 Å². The molecule has 0 radical (unpaired) electrons. The molecule has 3 nitrogen and oxygen atoms in total. The van der Waals surface area contributed by atoms with Crippen LogP contribution in [-0.4, -0.2) is 31.1 Å². The molecule has 0 heterocycles. The van der Waals surface area contributed by atoms with E-state index in [1.165, 1.54) is 7.11 Å². The van der Waals surface area contributed by atoms with E-state index >= 15 is 0 Å². The highest BCUT2D eigenvalue weighted by molar-refractivity contribution is 8.69. The third-order valence-corrected chi connectivity index (χ3v) is 10.2. The van der Waals surface area contributed by atoms with Gasteiger partial charge in [-0.2, -0.15) is 0 Å². The predicted octanol–water partition coefficient (Wildman–Crippen LogP) is 4.21. The van der Waals surface area contributed by atoms with Crippen LogP contribution in [0.4, 0.5) is 0 Å². The Labute approximate surface area is 120 Å². The lowest BCUT2D eigenvalue weighted by atomic mass is 10.4. The summed E-state index contributed by atoms with van der Waals surface area (Å²) >= 11 is 7.30. The van der Waals surface area contributed by atoms with Gasteiger partial charge in [0.2, 0.25) is 0 Å². The summed E-state index contributed by atoms with van der Waals surface area (Å²) in [5.74, 6) is 0.708. The predicted molar refractivity (Wildman–Crippen MR) is 84.0 cm³/mol. The van der Waals surface area contributed by atoms with Gasteiger partial charge in [-0.3, -0.25) is 4.79 Å². The zero-order chi connectivity index (χ0) is 14.0. The highest BCUT2D eigenvalue weighted by atomic mass is 32.9. The Balaban J connectivity index is 4.56. The zero-order valence-corrected chi connectivity index (χ0v) is 14.3. The number of unbranched alkanes of at least 4 members (excludes halogenated alkanes) is 2. The van der Waals surface area contributed by atoms with Gasteiger partial charge in [-0.05, 0) is 19.8 Å². The van der Waals surface area contributed by atoms with Crippen molar-refractivity contribution in [3.63, 3.8) is 0 Å². The van der Waals surface area contributed by atoms with Crippen LogP contribution in [0.5, 0.6) is 0 Å². The van der Waals surface area contributed by atoms with Crippen LogP contribution in [0.3, 0.4) is 0 Å². The van der Waals surface area contributed by atoms with E-state index in [4.69, 9.17) is 21.1 Å². The molecule has 2 unspecified atom stereocenters. The maximum Gasteiger partial charge on any atom is 0.316 e. The highest BCUT2D eigenvalue weighted by Crippen LogP contribution is 2.64. The topological polar surface area (TPSA) is 35.5 Å². The molecule has 108 valence electrons. The first-order valence-electron chi connectivity index (χ1n) is 6.48.